The van der Waals surface area contributed by atoms with Crippen LogP contribution in [-0.2, 0) is 0 Å². The standard InChI is InChI=1S/C18H21NS/c1-2-16-13-20-18(15-11-7-4-8-12-15)17(19-16)14-9-5-3-6-10-14/h3-12,16-19H,2,13H2,1H3. The fourth-order valence-corrected chi connectivity index (χ4v) is 4.35. The zero-order valence-electron chi connectivity index (χ0n) is 11.8. The smallest absolute Gasteiger partial charge is 0.0492 e. The third-order valence-corrected chi connectivity index (χ3v) is 5.47. The molecule has 20 heavy (non-hydrogen) atoms. The van der Waals surface area contributed by atoms with E-state index in [4.69, 9.17) is 0 Å². The topological polar surface area (TPSA) is 12.0 Å². The van der Waals surface area contributed by atoms with Crippen LogP contribution in [0, 0.1) is 0 Å². The molecule has 1 nitrogen and oxygen atoms in total. The van der Waals surface area contributed by atoms with Crippen LogP contribution in [0.4, 0.5) is 0 Å². The Hall–Kier alpha value is -1.25. The van der Waals surface area contributed by atoms with Gasteiger partial charge in [-0.3, -0.25) is 0 Å². The van der Waals surface area contributed by atoms with E-state index in [2.05, 4.69) is 84.7 Å². The van der Waals surface area contributed by atoms with Crippen molar-refractivity contribution in [2.45, 2.75) is 30.7 Å². The summed E-state index contributed by atoms with van der Waals surface area (Å²) < 4.78 is 0. The lowest BCUT2D eigenvalue weighted by molar-refractivity contribution is 0.427. The summed E-state index contributed by atoms with van der Waals surface area (Å²) in [7, 11) is 0. The first kappa shape index (κ1) is 13.7. The van der Waals surface area contributed by atoms with Crippen molar-refractivity contribution in [2.75, 3.05) is 5.75 Å². The molecule has 3 rings (SSSR count). The van der Waals surface area contributed by atoms with E-state index in [1.54, 1.807) is 0 Å². The number of benzene rings is 2. The Kier molecular flexibility index (Phi) is 4.44. The van der Waals surface area contributed by atoms with Gasteiger partial charge in [-0.1, -0.05) is 67.6 Å². The van der Waals surface area contributed by atoms with Gasteiger partial charge >= 0.3 is 0 Å². The molecule has 0 spiro atoms. The van der Waals surface area contributed by atoms with E-state index in [1.807, 2.05) is 0 Å². The maximum atomic E-state index is 3.85. The van der Waals surface area contributed by atoms with E-state index < -0.39 is 0 Å². The first-order chi connectivity index (χ1) is 9.88. The lowest BCUT2D eigenvalue weighted by atomic mass is 9.96. The van der Waals surface area contributed by atoms with Crippen LogP contribution in [0.2, 0.25) is 0 Å². The summed E-state index contributed by atoms with van der Waals surface area (Å²) in [5, 5.41) is 4.35. The second kappa shape index (κ2) is 6.47. The zero-order chi connectivity index (χ0) is 13.8. The third-order valence-electron chi connectivity index (χ3n) is 3.97. The molecule has 2 aromatic rings. The molecule has 1 heterocycles. The average Bonchev–Trinajstić information content (AvgIpc) is 2.56. The summed E-state index contributed by atoms with van der Waals surface area (Å²) in [6, 6.07) is 22.8. The van der Waals surface area contributed by atoms with E-state index in [9.17, 15) is 0 Å². The van der Waals surface area contributed by atoms with Gasteiger partial charge in [-0.25, -0.2) is 0 Å². The van der Waals surface area contributed by atoms with Crippen LogP contribution >= 0.6 is 11.8 Å². The molecule has 3 atom stereocenters. The van der Waals surface area contributed by atoms with E-state index in [-0.39, 0.29) is 0 Å². The summed E-state index contributed by atoms with van der Waals surface area (Å²) in [5.74, 6) is 1.19. The van der Waals surface area contributed by atoms with Gasteiger partial charge in [0.05, 0.1) is 0 Å². The molecule has 1 saturated heterocycles. The van der Waals surface area contributed by atoms with Crippen LogP contribution in [-0.4, -0.2) is 11.8 Å². The normalized spacial score (nSPS) is 26.4. The zero-order valence-corrected chi connectivity index (χ0v) is 12.6. The van der Waals surface area contributed by atoms with Crippen molar-refractivity contribution in [3.05, 3.63) is 71.8 Å². The number of rotatable bonds is 3. The predicted octanol–water partition coefficient (Wildman–Crippen LogP) is 4.58. The highest BCUT2D eigenvalue weighted by Crippen LogP contribution is 2.43. The number of hydrogen-bond donors (Lipinski definition) is 1. The molecule has 0 amide bonds. The fraction of sp³-hybridized carbons (Fsp3) is 0.333. The molecule has 0 aliphatic carbocycles. The number of hydrogen-bond acceptors (Lipinski definition) is 2. The minimum Gasteiger partial charge on any atom is -0.305 e. The Balaban J connectivity index is 1.91. The van der Waals surface area contributed by atoms with Crippen molar-refractivity contribution in [1.29, 1.82) is 0 Å². The summed E-state index contributed by atoms with van der Waals surface area (Å²) in [6.07, 6.45) is 1.19. The monoisotopic (exact) mass is 283 g/mol. The van der Waals surface area contributed by atoms with E-state index in [0.29, 0.717) is 17.3 Å². The number of nitrogens with one attached hydrogen (secondary N) is 1. The molecule has 1 fully saturated rings. The summed E-state index contributed by atoms with van der Waals surface area (Å²) in [4.78, 5) is 0. The highest BCUT2D eigenvalue weighted by atomic mass is 32.2. The maximum absolute atomic E-state index is 3.85. The number of thioether (sulfide) groups is 1. The molecular weight excluding hydrogens is 262 g/mol. The van der Waals surface area contributed by atoms with Gasteiger partial charge < -0.3 is 5.32 Å². The molecule has 3 unspecified atom stereocenters. The van der Waals surface area contributed by atoms with Gasteiger partial charge in [0.25, 0.3) is 0 Å². The molecule has 2 aromatic carbocycles. The van der Waals surface area contributed by atoms with Crippen molar-refractivity contribution in [3.8, 4) is 0 Å². The van der Waals surface area contributed by atoms with Gasteiger partial charge in [-0.2, -0.15) is 11.8 Å². The fourth-order valence-electron chi connectivity index (χ4n) is 2.80. The predicted molar refractivity (Wildman–Crippen MR) is 88.0 cm³/mol. The van der Waals surface area contributed by atoms with Gasteiger partial charge in [0.15, 0.2) is 0 Å². The lowest BCUT2D eigenvalue weighted by Gasteiger charge is -2.37. The van der Waals surface area contributed by atoms with Crippen LogP contribution in [0.5, 0.6) is 0 Å². The van der Waals surface area contributed by atoms with E-state index in [1.165, 1.54) is 23.3 Å². The molecule has 0 bridgehead atoms. The van der Waals surface area contributed by atoms with Crippen LogP contribution in [0.3, 0.4) is 0 Å². The van der Waals surface area contributed by atoms with E-state index in [0.717, 1.165) is 0 Å². The Morgan fingerprint density at radius 1 is 0.950 bits per heavy atom. The van der Waals surface area contributed by atoms with Crippen LogP contribution in [0.15, 0.2) is 60.7 Å². The molecule has 104 valence electrons. The third kappa shape index (κ3) is 2.92. The van der Waals surface area contributed by atoms with E-state index >= 15 is 0 Å². The van der Waals surface area contributed by atoms with Crippen LogP contribution in [0.25, 0.3) is 0 Å². The maximum Gasteiger partial charge on any atom is 0.0492 e. The SMILES string of the molecule is CCC1CSC(c2ccccc2)C(c2ccccc2)N1. The van der Waals surface area contributed by atoms with Gasteiger partial charge in [0.1, 0.15) is 0 Å². The molecule has 1 aliphatic rings. The summed E-state index contributed by atoms with van der Waals surface area (Å²) in [6.45, 7) is 2.27. The molecule has 2 heteroatoms. The minimum absolute atomic E-state index is 0.405. The second-order valence-corrected chi connectivity index (χ2v) is 6.50. The molecule has 1 aliphatic heterocycles. The highest BCUT2D eigenvalue weighted by molar-refractivity contribution is 7.99. The summed E-state index contributed by atoms with van der Waals surface area (Å²) >= 11 is 2.09. The van der Waals surface area contributed by atoms with Gasteiger partial charge in [0.2, 0.25) is 0 Å². The molecule has 0 saturated carbocycles. The highest BCUT2D eigenvalue weighted by Gasteiger charge is 2.31. The van der Waals surface area contributed by atoms with Crippen LogP contribution < -0.4 is 5.32 Å². The van der Waals surface area contributed by atoms with Gasteiger partial charge in [-0.15, -0.1) is 0 Å². The molecule has 0 radical (unpaired) electrons. The molecule has 0 aromatic heterocycles. The Morgan fingerprint density at radius 2 is 1.55 bits per heavy atom. The summed E-state index contributed by atoms with van der Waals surface area (Å²) in [5.41, 5.74) is 2.82. The lowest BCUT2D eigenvalue weighted by Crippen LogP contribution is -2.41. The van der Waals surface area contributed by atoms with Crippen molar-refractivity contribution in [3.63, 3.8) is 0 Å². The minimum atomic E-state index is 0.405. The quantitative estimate of drug-likeness (QED) is 0.884. The molecule has 1 N–H and O–H groups in total. The van der Waals surface area contributed by atoms with Gasteiger partial charge in [-0.05, 0) is 17.5 Å². The Morgan fingerprint density at radius 3 is 2.15 bits per heavy atom. The Bertz CT molecular complexity index is 526. The van der Waals surface area contributed by atoms with Gasteiger partial charge in [0, 0.05) is 23.1 Å². The van der Waals surface area contributed by atoms with Crippen molar-refractivity contribution in [1.82, 2.24) is 5.32 Å². The van der Waals surface area contributed by atoms with Crippen molar-refractivity contribution in [2.24, 2.45) is 0 Å². The average molecular weight is 283 g/mol. The first-order valence-corrected chi connectivity index (χ1v) is 8.41. The van der Waals surface area contributed by atoms with Crippen molar-refractivity contribution < 1.29 is 0 Å². The largest absolute Gasteiger partial charge is 0.305 e. The second-order valence-electron chi connectivity index (χ2n) is 5.32. The Labute approximate surface area is 125 Å². The first-order valence-electron chi connectivity index (χ1n) is 7.36. The molecular formula is C18H21NS. The van der Waals surface area contributed by atoms with Crippen LogP contribution in [0.1, 0.15) is 35.8 Å². The van der Waals surface area contributed by atoms with Crippen molar-refractivity contribution >= 4 is 11.8 Å².